The molecule has 0 saturated heterocycles. The van der Waals surface area contributed by atoms with E-state index in [4.69, 9.17) is 0 Å². The molecule has 0 amide bonds. The molecule has 1 N–H and O–H groups in total. The summed E-state index contributed by atoms with van der Waals surface area (Å²) in [4.78, 5) is 6.64. The first-order chi connectivity index (χ1) is 11.8. The zero-order valence-corrected chi connectivity index (χ0v) is 17.5. The smallest absolute Gasteiger partial charge is 0.125 e. The number of benzene rings is 1. The van der Waals surface area contributed by atoms with Crippen LogP contribution in [-0.2, 0) is 0 Å². The van der Waals surface area contributed by atoms with Crippen LogP contribution in [0.4, 0.5) is 5.69 Å². The fraction of sp³-hybridized carbons (Fsp3) is 0.545. The van der Waals surface area contributed by atoms with E-state index in [-0.39, 0.29) is 0 Å². The molecule has 5 unspecified atom stereocenters. The third-order valence-electron chi connectivity index (χ3n) is 6.66. The molecule has 2 nitrogen and oxygen atoms in total. The minimum atomic E-state index is -1.61. The molecule has 134 valence electrons. The van der Waals surface area contributed by atoms with Crippen molar-refractivity contribution in [3.05, 3.63) is 53.6 Å². The number of hydrogen-bond acceptors (Lipinski definition) is 2. The third-order valence-corrected chi connectivity index (χ3v) is 10.4. The fourth-order valence-electron chi connectivity index (χ4n) is 6.11. The molecule has 1 aliphatic heterocycles. The predicted octanol–water partition coefficient (Wildman–Crippen LogP) is 4.92. The van der Waals surface area contributed by atoms with Crippen LogP contribution in [0.15, 0.2) is 48.1 Å². The second kappa shape index (κ2) is 5.85. The van der Waals surface area contributed by atoms with E-state index in [1.807, 2.05) is 0 Å². The minimum Gasteiger partial charge on any atom is -0.371 e. The molecular weight excluding hydrogens is 320 g/mol. The van der Waals surface area contributed by atoms with Crippen LogP contribution in [0.25, 0.3) is 0 Å². The molecule has 1 aromatic carbocycles. The molecule has 1 fully saturated rings. The van der Waals surface area contributed by atoms with Crippen LogP contribution < -0.4 is 9.88 Å². The van der Waals surface area contributed by atoms with Crippen LogP contribution in [0, 0.1) is 11.8 Å². The number of fused-ring (bicyclic) bond motifs is 5. The van der Waals surface area contributed by atoms with Gasteiger partial charge in [-0.1, -0.05) is 68.9 Å². The average Bonchev–Trinajstić information content (AvgIpc) is 3.00. The van der Waals surface area contributed by atoms with Gasteiger partial charge in [0.2, 0.25) is 0 Å². The molecule has 1 saturated carbocycles. The first kappa shape index (κ1) is 17.1. The molecular formula is C22H32N2Si. The maximum atomic E-state index is 4.03. The van der Waals surface area contributed by atoms with E-state index in [0.29, 0.717) is 29.8 Å². The molecule has 3 aliphatic rings. The summed E-state index contributed by atoms with van der Waals surface area (Å²) in [5.74, 6) is 1.95. The predicted molar refractivity (Wildman–Crippen MR) is 111 cm³/mol. The highest BCUT2D eigenvalue weighted by atomic mass is 28.3. The van der Waals surface area contributed by atoms with Crippen molar-refractivity contribution in [3.63, 3.8) is 0 Å². The second-order valence-corrected chi connectivity index (χ2v) is 13.6. The quantitative estimate of drug-likeness (QED) is 0.776. The lowest BCUT2D eigenvalue weighted by Crippen LogP contribution is -2.57. The van der Waals surface area contributed by atoms with Crippen molar-refractivity contribution in [3.8, 4) is 0 Å². The van der Waals surface area contributed by atoms with E-state index in [0.717, 1.165) is 5.54 Å². The van der Waals surface area contributed by atoms with E-state index < -0.39 is 8.24 Å². The fourth-order valence-corrected chi connectivity index (χ4v) is 10.4. The van der Waals surface area contributed by atoms with Gasteiger partial charge in [0.15, 0.2) is 0 Å². The summed E-state index contributed by atoms with van der Waals surface area (Å²) in [5.41, 5.74) is 5.19. The van der Waals surface area contributed by atoms with Gasteiger partial charge in [-0.2, -0.15) is 0 Å². The number of hydrogen-bond donors (Lipinski definition) is 1. The molecule has 3 heteroatoms. The number of nitrogens with one attached hydrogen (secondary N) is 1. The van der Waals surface area contributed by atoms with Crippen LogP contribution in [0.2, 0.25) is 18.6 Å². The summed E-state index contributed by atoms with van der Waals surface area (Å²) in [6.45, 7) is 12.0. The number of para-hydroxylation sites is 1. The van der Waals surface area contributed by atoms with E-state index in [9.17, 15) is 0 Å². The van der Waals surface area contributed by atoms with Crippen molar-refractivity contribution in [2.45, 2.75) is 57.4 Å². The number of nitrogens with zero attached hydrogens (tertiary/aromatic N) is 1. The van der Waals surface area contributed by atoms with Gasteiger partial charge in [-0.05, 0) is 42.0 Å². The molecule has 25 heavy (non-hydrogen) atoms. The summed E-state index contributed by atoms with van der Waals surface area (Å²) in [6.07, 6.45) is 7.46. The third kappa shape index (κ3) is 2.55. The van der Waals surface area contributed by atoms with Crippen molar-refractivity contribution in [2.75, 3.05) is 11.9 Å². The Bertz CT molecular complexity index is 733. The number of allylic oxidation sites excluding steroid dienone is 4. The van der Waals surface area contributed by atoms with Crippen LogP contribution in [0.5, 0.6) is 0 Å². The number of rotatable bonds is 3. The highest BCUT2D eigenvalue weighted by Gasteiger charge is 2.59. The molecule has 4 rings (SSSR count). The maximum absolute atomic E-state index is 4.03. The van der Waals surface area contributed by atoms with Crippen LogP contribution >= 0.6 is 0 Å². The van der Waals surface area contributed by atoms with E-state index in [1.165, 1.54) is 11.3 Å². The SMILES string of the molecule is CC1=CC2C(C=C1)C1c3ccccc3N(C)C1C2[Si](C)(C)NC(C)C. The van der Waals surface area contributed by atoms with E-state index >= 15 is 0 Å². The van der Waals surface area contributed by atoms with Gasteiger partial charge in [0.1, 0.15) is 8.24 Å². The van der Waals surface area contributed by atoms with Crippen molar-refractivity contribution >= 4 is 13.9 Å². The van der Waals surface area contributed by atoms with Gasteiger partial charge in [0.25, 0.3) is 0 Å². The standard InChI is InChI=1S/C22H32N2Si/c1-14(2)23-25(5,6)22-18-13-15(3)11-12-16(18)20-17-9-7-8-10-19(17)24(4)21(20)22/h7-14,16,18,20-23H,1-6H3. The molecule has 0 bridgehead atoms. The normalized spacial score (nSPS) is 33.3. The number of likely N-dealkylation sites (N-methyl/N-ethyl adjacent to an activating group) is 1. The van der Waals surface area contributed by atoms with Crippen molar-refractivity contribution in [2.24, 2.45) is 11.8 Å². The molecule has 1 aromatic rings. The monoisotopic (exact) mass is 352 g/mol. The van der Waals surface area contributed by atoms with Gasteiger partial charge in [-0.3, -0.25) is 0 Å². The second-order valence-electron chi connectivity index (χ2n) is 9.16. The van der Waals surface area contributed by atoms with Crippen LogP contribution in [0.1, 0.15) is 32.3 Å². The van der Waals surface area contributed by atoms with Crippen LogP contribution in [-0.4, -0.2) is 27.4 Å². The summed E-state index contributed by atoms with van der Waals surface area (Å²) in [5, 5.41) is 0. The van der Waals surface area contributed by atoms with Gasteiger partial charge in [-0.25, -0.2) is 0 Å². The molecule has 0 radical (unpaired) electrons. The lowest BCUT2D eigenvalue weighted by atomic mass is 9.81. The Kier molecular flexibility index (Phi) is 4.00. The van der Waals surface area contributed by atoms with Gasteiger partial charge in [0.05, 0.1) is 0 Å². The summed E-state index contributed by atoms with van der Waals surface area (Å²) < 4.78 is 0. The Labute approximate surface area is 154 Å². The summed E-state index contributed by atoms with van der Waals surface area (Å²) in [6, 6.07) is 10.3. The molecule has 5 atom stereocenters. The Hall–Kier alpha value is -1.32. The Morgan fingerprint density at radius 3 is 2.56 bits per heavy atom. The zero-order chi connectivity index (χ0) is 17.9. The first-order valence-corrected chi connectivity index (χ1v) is 12.8. The van der Waals surface area contributed by atoms with Crippen molar-refractivity contribution in [1.29, 1.82) is 0 Å². The molecule has 0 aromatic heterocycles. The zero-order valence-electron chi connectivity index (χ0n) is 16.5. The Balaban J connectivity index is 1.83. The summed E-state index contributed by atoms with van der Waals surface area (Å²) >= 11 is 0. The van der Waals surface area contributed by atoms with Gasteiger partial charge in [-0.15, -0.1) is 0 Å². The largest absolute Gasteiger partial charge is 0.371 e. The topological polar surface area (TPSA) is 15.3 Å². The van der Waals surface area contributed by atoms with Crippen molar-refractivity contribution in [1.82, 2.24) is 4.98 Å². The van der Waals surface area contributed by atoms with Crippen molar-refractivity contribution < 1.29 is 0 Å². The lowest BCUT2D eigenvalue weighted by molar-refractivity contribution is 0.501. The average molecular weight is 353 g/mol. The van der Waals surface area contributed by atoms with Crippen LogP contribution in [0.3, 0.4) is 0 Å². The minimum absolute atomic E-state index is 0.553. The molecule has 2 aliphatic carbocycles. The molecule has 0 spiro atoms. The number of anilines is 1. The maximum Gasteiger partial charge on any atom is 0.125 e. The first-order valence-electron chi connectivity index (χ1n) is 9.77. The van der Waals surface area contributed by atoms with E-state index in [1.54, 1.807) is 5.56 Å². The van der Waals surface area contributed by atoms with Gasteiger partial charge in [0, 0.05) is 24.7 Å². The Morgan fingerprint density at radius 2 is 1.84 bits per heavy atom. The lowest BCUT2D eigenvalue weighted by Gasteiger charge is -2.42. The van der Waals surface area contributed by atoms with E-state index in [2.05, 4.69) is 93.3 Å². The molecule has 1 heterocycles. The highest BCUT2D eigenvalue weighted by Crippen LogP contribution is 2.62. The Morgan fingerprint density at radius 1 is 1.12 bits per heavy atom. The van der Waals surface area contributed by atoms with Gasteiger partial charge < -0.3 is 9.88 Å². The highest BCUT2D eigenvalue weighted by molar-refractivity contribution is 6.77. The van der Waals surface area contributed by atoms with Gasteiger partial charge >= 0.3 is 0 Å². The summed E-state index contributed by atoms with van der Waals surface area (Å²) in [7, 11) is 0.719.